The van der Waals surface area contributed by atoms with E-state index in [-0.39, 0.29) is 11.2 Å². The molecule has 0 aliphatic rings. The van der Waals surface area contributed by atoms with Crippen LogP contribution in [0.3, 0.4) is 0 Å². The first kappa shape index (κ1) is 21.1. The lowest BCUT2D eigenvalue weighted by Crippen LogP contribution is -2.28. The van der Waals surface area contributed by atoms with Crippen molar-refractivity contribution in [1.29, 1.82) is 0 Å². The number of benzene rings is 2. The Hall–Kier alpha value is -3.24. The molecule has 0 bridgehead atoms. The SMILES string of the molecule is [C-]#[N+]C(=Cc1ccc(N(CC)CCOc2ccc(C(C)(C)C)cc2)cc1)[N+]#[C-]. The fraction of sp³-hybridized carbons (Fsp3) is 0.333. The highest BCUT2D eigenvalue weighted by Crippen LogP contribution is 2.24. The summed E-state index contributed by atoms with van der Waals surface area (Å²) in [5, 5.41) is 0. The first-order chi connectivity index (χ1) is 13.4. The highest BCUT2D eigenvalue weighted by Gasteiger charge is 2.13. The molecule has 2 rings (SSSR count). The van der Waals surface area contributed by atoms with Crippen LogP contribution in [0, 0.1) is 13.1 Å². The van der Waals surface area contributed by atoms with Crippen LogP contribution in [0.2, 0.25) is 0 Å². The van der Waals surface area contributed by atoms with Gasteiger partial charge in [-0.3, -0.25) is 0 Å². The van der Waals surface area contributed by atoms with Gasteiger partial charge in [-0.2, -0.15) is 9.69 Å². The Morgan fingerprint density at radius 1 is 1.00 bits per heavy atom. The first-order valence-corrected chi connectivity index (χ1v) is 9.42. The van der Waals surface area contributed by atoms with E-state index in [0.717, 1.165) is 30.1 Å². The summed E-state index contributed by atoms with van der Waals surface area (Å²) in [6.45, 7) is 24.9. The summed E-state index contributed by atoms with van der Waals surface area (Å²) in [7, 11) is 0. The molecule has 4 heteroatoms. The fourth-order valence-corrected chi connectivity index (χ4v) is 2.81. The Kier molecular flexibility index (Phi) is 7.24. The topological polar surface area (TPSA) is 21.2 Å². The molecule has 0 unspecified atom stereocenters. The van der Waals surface area contributed by atoms with E-state index in [0.29, 0.717) is 6.61 Å². The quantitative estimate of drug-likeness (QED) is 0.553. The summed E-state index contributed by atoms with van der Waals surface area (Å²) in [6.07, 6.45) is 1.60. The van der Waals surface area contributed by atoms with Crippen LogP contribution in [0.5, 0.6) is 5.75 Å². The minimum absolute atomic E-state index is 0.0750. The number of ether oxygens (including phenoxy) is 1. The van der Waals surface area contributed by atoms with Gasteiger partial charge < -0.3 is 9.64 Å². The van der Waals surface area contributed by atoms with Crippen LogP contribution in [0.15, 0.2) is 54.4 Å². The number of rotatable bonds is 7. The lowest BCUT2D eigenvalue weighted by atomic mass is 9.87. The average molecular weight is 374 g/mol. The summed E-state index contributed by atoms with van der Waals surface area (Å²) < 4.78 is 5.92. The smallest absolute Gasteiger partial charge is 0.492 e. The number of likely N-dealkylation sites (N-methyl/N-ethyl adjacent to an activating group) is 1. The van der Waals surface area contributed by atoms with Crippen LogP contribution in [-0.4, -0.2) is 19.7 Å². The van der Waals surface area contributed by atoms with Crippen molar-refractivity contribution in [1.82, 2.24) is 0 Å². The number of hydrogen-bond acceptors (Lipinski definition) is 2. The molecule has 0 atom stereocenters. The normalized spacial score (nSPS) is 10.5. The maximum absolute atomic E-state index is 6.96. The minimum atomic E-state index is 0.0750. The van der Waals surface area contributed by atoms with Gasteiger partial charge in [0.05, 0.1) is 6.54 Å². The van der Waals surface area contributed by atoms with Gasteiger partial charge in [-0.15, -0.1) is 0 Å². The highest BCUT2D eigenvalue weighted by molar-refractivity contribution is 5.60. The van der Waals surface area contributed by atoms with Crippen LogP contribution in [0.25, 0.3) is 15.8 Å². The molecule has 0 spiro atoms. The predicted molar refractivity (Wildman–Crippen MR) is 116 cm³/mol. The van der Waals surface area contributed by atoms with E-state index in [4.69, 9.17) is 17.9 Å². The molecule has 0 aliphatic carbocycles. The van der Waals surface area contributed by atoms with E-state index >= 15 is 0 Å². The number of nitrogens with zero attached hydrogens (tertiary/aromatic N) is 3. The largest absolute Gasteiger partial charge is 0.519 e. The van der Waals surface area contributed by atoms with Crippen LogP contribution >= 0.6 is 0 Å². The third kappa shape index (κ3) is 5.89. The molecule has 2 aromatic carbocycles. The Bertz CT molecular complexity index is 860. The van der Waals surface area contributed by atoms with Crippen molar-refractivity contribution in [2.45, 2.75) is 33.1 Å². The molecule has 144 valence electrons. The number of hydrogen-bond donors (Lipinski definition) is 0. The van der Waals surface area contributed by atoms with Crippen molar-refractivity contribution in [3.05, 3.63) is 88.3 Å². The van der Waals surface area contributed by atoms with Gasteiger partial charge in [0.2, 0.25) is 0 Å². The molecular formula is C24H27N3O. The van der Waals surface area contributed by atoms with Crippen LogP contribution < -0.4 is 9.64 Å². The number of anilines is 1. The fourth-order valence-electron chi connectivity index (χ4n) is 2.81. The molecule has 0 fully saturated rings. The van der Waals surface area contributed by atoms with Crippen LogP contribution in [-0.2, 0) is 5.41 Å². The first-order valence-electron chi connectivity index (χ1n) is 9.42. The average Bonchev–Trinajstić information content (AvgIpc) is 2.70. The highest BCUT2D eigenvalue weighted by atomic mass is 16.5. The zero-order valence-corrected chi connectivity index (χ0v) is 17.1. The Balaban J connectivity index is 1.95. The van der Waals surface area contributed by atoms with Gasteiger partial charge in [-0.1, -0.05) is 45.0 Å². The van der Waals surface area contributed by atoms with Crippen LogP contribution in [0.4, 0.5) is 5.69 Å². The third-order valence-corrected chi connectivity index (χ3v) is 4.52. The molecule has 28 heavy (non-hydrogen) atoms. The van der Waals surface area contributed by atoms with Gasteiger partial charge in [-0.25, -0.2) is 0 Å². The second kappa shape index (κ2) is 9.62. The molecule has 0 saturated heterocycles. The molecule has 2 aromatic rings. The van der Waals surface area contributed by atoms with Gasteiger partial charge in [-0.05, 0) is 47.7 Å². The standard InChI is InChI=1S/C24H27N3O/c1-7-27(21-12-8-19(9-13-21)18-23(25-5)26-6)16-17-28-22-14-10-20(11-15-22)24(2,3)4/h8-15,18H,7,16-17H2,1-4H3. The van der Waals surface area contributed by atoms with Crippen molar-refractivity contribution < 1.29 is 4.74 Å². The molecule has 0 heterocycles. The van der Waals surface area contributed by atoms with E-state index in [2.05, 4.69) is 54.4 Å². The molecule has 0 N–H and O–H groups in total. The Morgan fingerprint density at radius 3 is 2.11 bits per heavy atom. The summed E-state index contributed by atoms with van der Waals surface area (Å²) in [6, 6.07) is 16.2. The summed E-state index contributed by atoms with van der Waals surface area (Å²) in [5.74, 6) is 0.960. The maximum atomic E-state index is 6.96. The van der Waals surface area contributed by atoms with E-state index in [1.54, 1.807) is 6.08 Å². The lowest BCUT2D eigenvalue weighted by Gasteiger charge is -2.23. The minimum Gasteiger partial charge on any atom is -0.492 e. The molecule has 0 aliphatic heterocycles. The predicted octanol–water partition coefficient (Wildman–Crippen LogP) is 6.03. The summed E-state index contributed by atoms with van der Waals surface area (Å²) in [4.78, 5) is 8.62. The molecule has 0 amide bonds. The summed E-state index contributed by atoms with van der Waals surface area (Å²) in [5.41, 5.74) is 3.39. The van der Waals surface area contributed by atoms with E-state index in [9.17, 15) is 0 Å². The van der Waals surface area contributed by atoms with Crippen molar-refractivity contribution in [3.8, 4) is 5.75 Å². The van der Waals surface area contributed by atoms with Crippen molar-refractivity contribution in [2.75, 3.05) is 24.6 Å². The van der Waals surface area contributed by atoms with Gasteiger partial charge in [0.25, 0.3) is 0 Å². The molecule has 0 aromatic heterocycles. The Morgan fingerprint density at radius 2 is 1.61 bits per heavy atom. The van der Waals surface area contributed by atoms with Gasteiger partial charge in [0.15, 0.2) is 0 Å². The molecule has 4 nitrogen and oxygen atoms in total. The Labute approximate surface area is 168 Å². The van der Waals surface area contributed by atoms with Crippen LogP contribution in [0.1, 0.15) is 38.8 Å². The summed E-state index contributed by atoms with van der Waals surface area (Å²) >= 11 is 0. The van der Waals surface area contributed by atoms with Crippen molar-refractivity contribution >= 4 is 11.8 Å². The lowest BCUT2D eigenvalue weighted by molar-refractivity contribution is 0.324. The third-order valence-electron chi connectivity index (χ3n) is 4.52. The molecule has 0 radical (unpaired) electrons. The van der Waals surface area contributed by atoms with Gasteiger partial charge >= 0.3 is 5.82 Å². The van der Waals surface area contributed by atoms with E-state index < -0.39 is 0 Å². The van der Waals surface area contributed by atoms with E-state index in [1.807, 2.05) is 36.4 Å². The van der Waals surface area contributed by atoms with Gasteiger partial charge in [0.1, 0.15) is 25.5 Å². The maximum Gasteiger partial charge on any atom is 0.519 e. The van der Waals surface area contributed by atoms with Gasteiger partial charge in [0, 0.05) is 18.3 Å². The zero-order valence-electron chi connectivity index (χ0n) is 17.1. The molecule has 0 saturated carbocycles. The zero-order chi connectivity index (χ0) is 20.6. The second-order valence-corrected chi connectivity index (χ2v) is 7.52. The van der Waals surface area contributed by atoms with E-state index in [1.165, 1.54) is 5.56 Å². The molecular weight excluding hydrogens is 346 g/mol. The monoisotopic (exact) mass is 373 g/mol. The van der Waals surface area contributed by atoms with Crippen molar-refractivity contribution in [3.63, 3.8) is 0 Å². The second-order valence-electron chi connectivity index (χ2n) is 7.52. The van der Waals surface area contributed by atoms with Crippen molar-refractivity contribution in [2.24, 2.45) is 0 Å².